The number of hydrogen-bond donors (Lipinski definition) is 1. The van der Waals surface area contributed by atoms with Crippen molar-refractivity contribution in [3.8, 4) is 0 Å². The molecule has 0 spiro atoms. The lowest BCUT2D eigenvalue weighted by Gasteiger charge is -2.38. The van der Waals surface area contributed by atoms with Crippen LogP contribution in [0, 0.1) is 5.92 Å². The van der Waals surface area contributed by atoms with Gasteiger partial charge in [0.25, 0.3) is 0 Å². The van der Waals surface area contributed by atoms with Crippen LogP contribution >= 0.6 is 0 Å². The first-order valence-corrected chi connectivity index (χ1v) is 5.61. The van der Waals surface area contributed by atoms with Gasteiger partial charge in [0.2, 0.25) is 0 Å². The van der Waals surface area contributed by atoms with Gasteiger partial charge in [-0.15, -0.1) is 0 Å². The van der Waals surface area contributed by atoms with Gasteiger partial charge in [-0.2, -0.15) is 0 Å². The average Bonchev–Trinajstić information content (AvgIpc) is 2.42. The Morgan fingerprint density at radius 1 is 1.23 bits per heavy atom. The van der Waals surface area contributed by atoms with E-state index in [1.165, 1.54) is 25.7 Å². The second-order valence-electron chi connectivity index (χ2n) is 4.86. The quantitative estimate of drug-likeness (QED) is 0.695. The Bertz CT molecular complexity index is 167. The molecule has 2 rings (SSSR count). The van der Waals surface area contributed by atoms with Crippen LogP contribution < -0.4 is 5.32 Å². The van der Waals surface area contributed by atoms with E-state index in [0.717, 1.165) is 18.0 Å². The summed E-state index contributed by atoms with van der Waals surface area (Å²) in [6, 6.07) is 2.48. The van der Waals surface area contributed by atoms with Crippen LogP contribution in [-0.4, -0.2) is 37.1 Å². The average molecular weight is 182 g/mol. The molecule has 3 unspecified atom stereocenters. The van der Waals surface area contributed by atoms with Crippen molar-refractivity contribution in [2.75, 3.05) is 14.1 Å². The Labute approximate surface area is 81.7 Å². The lowest BCUT2D eigenvalue weighted by Crippen LogP contribution is -2.45. The topological polar surface area (TPSA) is 15.3 Å². The zero-order valence-electron chi connectivity index (χ0n) is 9.09. The summed E-state index contributed by atoms with van der Waals surface area (Å²) in [5, 5.41) is 3.40. The van der Waals surface area contributed by atoms with Crippen LogP contribution in [0.1, 0.15) is 32.6 Å². The van der Waals surface area contributed by atoms with Crippen LogP contribution in [0.15, 0.2) is 0 Å². The number of nitrogens with one attached hydrogen (secondary N) is 1. The van der Waals surface area contributed by atoms with Crippen LogP contribution in [0.5, 0.6) is 0 Å². The van der Waals surface area contributed by atoms with Gasteiger partial charge in [0.1, 0.15) is 0 Å². The summed E-state index contributed by atoms with van der Waals surface area (Å²) in [6.07, 6.45) is 5.70. The monoisotopic (exact) mass is 182 g/mol. The summed E-state index contributed by atoms with van der Waals surface area (Å²) in [4.78, 5) is 2.61. The number of nitrogens with zero attached hydrogens (tertiary/aromatic N) is 1. The van der Waals surface area contributed by atoms with Crippen molar-refractivity contribution in [3.05, 3.63) is 0 Å². The van der Waals surface area contributed by atoms with Gasteiger partial charge >= 0.3 is 0 Å². The van der Waals surface area contributed by atoms with Crippen LogP contribution in [0.2, 0.25) is 0 Å². The second kappa shape index (κ2) is 3.58. The molecular formula is C11H22N2. The molecule has 1 N–H and O–H groups in total. The smallest absolute Gasteiger partial charge is 0.00989 e. The van der Waals surface area contributed by atoms with Gasteiger partial charge < -0.3 is 10.2 Å². The molecule has 0 amide bonds. The van der Waals surface area contributed by atoms with Crippen molar-refractivity contribution in [3.63, 3.8) is 0 Å². The Morgan fingerprint density at radius 2 is 1.77 bits per heavy atom. The zero-order chi connectivity index (χ0) is 9.42. The van der Waals surface area contributed by atoms with Gasteiger partial charge in [0, 0.05) is 18.1 Å². The van der Waals surface area contributed by atoms with Crippen LogP contribution in [0.4, 0.5) is 0 Å². The van der Waals surface area contributed by atoms with Gasteiger partial charge in [-0.05, 0) is 52.6 Å². The molecule has 0 aliphatic carbocycles. The third-order valence-corrected chi connectivity index (χ3v) is 4.30. The van der Waals surface area contributed by atoms with Crippen LogP contribution in [0.3, 0.4) is 0 Å². The van der Waals surface area contributed by atoms with Gasteiger partial charge in [0.05, 0.1) is 0 Å². The summed E-state index contributed by atoms with van der Waals surface area (Å²) >= 11 is 0. The molecule has 2 bridgehead atoms. The Hall–Kier alpha value is -0.0800. The SMILES string of the molecule is CNC(C)C1CC2CCC(C1)N2C. The second-order valence-corrected chi connectivity index (χ2v) is 4.86. The highest BCUT2D eigenvalue weighted by atomic mass is 15.2. The zero-order valence-corrected chi connectivity index (χ0v) is 9.09. The van der Waals surface area contributed by atoms with E-state index in [1.807, 2.05) is 0 Å². The highest BCUT2D eigenvalue weighted by Gasteiger charge is 2.39. The minimum Gasteiger partial charge on any atom is -0.317 e. The van der Waals surface area contributed by atoms with E-state index in [9.17, 15) is 0 Å². The summed E-state index contributed by atoms with van der Waals surface area (Å²) < 4.78 is 0. The number of fused-ring (bicyclic) bond motifs is 2. The van der Waals surface area contributed by atoms with Crippen molar-refractivity contribution in [2.24, 2.45) is 5.92 Å². The fourth-order valence-electron chi connectivity index (χ4n) is 3.10. The third-order valence-electron chi connectivity index (χ3n) is 4.30. The molecule has 0 aromatic heterocycles. The summed E-state index contributed by atoms with van der Waals surface area (Å²) in [5.74, 6) is 0.915. The Balaban J connectivity index is 1.98. The molecule has 2 heterocycles. The number of piperidine rings is 1. The van der Waals surface area contributed by atoms with Crippen molar-refractivity contribution in [1.29, 1.82) is 0 Å². The lowest BCUT2D eigenvalue weighted by atomic mass is 9.86. The van der Waals surface area contributed by atoms with E-state index in [1.54, 1.807) is 0 Å². The summed E-state index contributed by atoms with van der Waals surface area (Å²) in [7, 11) is 4.40. The van der Waals surface area contributed by atoms with E-state index in [2.05, 4.69) is 31.2 Å². The largest absolute Gasteiger partial charge is 0.317 e. The molecule has 13 heavy (non-hydrogen) atoms. The minimum absolute atomic E-state index is 0.705. The molecule has 2 aliphatic heterocycles. The molecule has 2 heteroatoms. The third kappa shape index (κ3) is 1.62. The summed E-state index contributed by atoms with van der Waals surface area (Å²) in [5.41, 5.74) is 0. The Morgan fingerprint density at radius 3 is 2.23 bits per heavy atom. The molecule has 2 nitrogen and oxygen atoms in total. The number of rotatable bonds is 2. The molecular weight excluding hydrogens is 160 g/mol. The van der Waals surface area contributed by atoms with E-state index in [-0.39, 0.29) is 0 Å². The lowest BCUT2D eigenvalue weighted by molar-refractivity contribution is 0.118. The van der Waals surface area contributed by atoms with E-state index < -0.39 is 0 Å². The maximum absolute atomic E-state index is 3.40. The molecule has 0 saturated carbocycles. The first kappa shape index (κ1) is 9.47. The van der Waals surface area contributed by atoms with Gasteiger partial charge in [-0.3, -0.25) is 0 Å². The van der Waals surface area contributed by atoms with Crippen molar-refractivity contribution < 1.29 is 0 Å². The normalized spacial score (nSPS) is 42.2. The molecule has 76 valence electrons. The highest BCUT2D eigenvalue weighted by Crippen LogP contribution is 2.38. The maximum Gasteiger partial charge on any atom is 0.00989 e. The number of hydrogen-bond acceptors (Lipinski definition) is 2. The van der Waals surface area contributed by atoms with E-state index in [4.69, 9.17) is 0 Å². The van der Waals surface area contributed by atoms with Crippen LogP contribution in [0.25, 0.3) is 0 Å². The standard InChI is InChI=1S/C11H22N2/c1-8(12-2)9-6-10-4-5-11(7-9)13(10)3/h8-12H,4-7H2,1-3H3. The Kier molecular flexibility index (Phi) is 2.61. The van der Waals surface area contributed by atoms with Gasteiger partial charge in [-0.1, -0.05) is 0 Å². The molecule has 0 radical (unpaired) electrons. The molecule has 0 aromatic rings. The first-order chi connectivity index (χ1) is 6.22. The molecule has 2 fully saturated rings. The molecule has 2 saturated heterocycles. The van der Waals surface area contributed by atoms with E-state index in [0.29, 0.717) is 6.04 Å². The first-order valence-electron chi connectivity index (χ1n) is 5.61. The van der Waals surface area contributed by atoms with Gasteiger partial charge in [0.15, 0.2) is 0 Å². The molecule has 2 aliphatic rings. The minimum atomic E-state index is 0.705. The predicted molar refractivity (Wildman–Crippen MR) is 55.8 cm³/mol. The fraction of sp³-hybridized carbons (Fsp3) is 1.00. The maximum atomic E-state index is 3.40. The summed E-state index contributed by atoms with van der Waals surface area (Å²) in [6.45, 7) is 2.33. The van der Waals surface area contributed by atoms with Crippen molar-refractivity contribution in [1.82, 2.24) is 10.2 Å². The van der Waals surface area contributed by atoms with Crippen molar-refractivity contribution >= 4 is 0 Å². The predicted octanol–water partition coefficient (Wildman–Crippen LogP) is 1.47. The van der Waals surface area contributed by atoms with Crippen LogP contribution in [-0.2, 0) is 0 Å². The molecule has 3 atom stereocenters. The van der Waals surface area contributed by atoms with Crippen molar-refractivity contribution in [2.45, 2.75) is 50.7 Å². The fourth-order valence-corrected chi connectivity index (χ4v) is 3.10. The highest BCUT2D eigenvalue weighted by molar-refractivity contribution is 4.95. The molecule has 0 aromatic carbocycles. The van der Waals surface area contributed by atoms with Gasteiger partial charge in [-0.25, -0.2) is 0 Å². The van der Waals surface area contributed by atoms with E-state index >= 15 is 0 Å².